The van der Waals surface area contributed by atoms with Gasteiger partial charge in [-0.25, -0.2) is 4.79 Å². The predicted molar refractivity (Wildman–Crippen MR) is 123 cm³/mol. The van der Waals surface area contributed by atoms with E-state index < -0.39 is 29.3 Å². The van der Waals surface area contributed by atoms with Gasteiger partial charge in [-0.1, -0.05) is 30.9 Å². The van der Waals surface area contributed by atoms with E-state index >= 15 is 0 Å². The van der Waals surface area contributed by atoms with Crippen LogP contribution in [0, 0.1) is 0 Å². The SMILES string of the molecule is C=Cc1cccc(C(C(=O)NC(C)(C)C)N(CC)C(=O)C(C)NC(=O)OC(C)(C)C)c1. The summed E-state index contributed by atoms with van der Waals surface area (Å²) in [7, 11) is 0. The van der Waals surface area contributed by atoms with Crippen molar-refractivity contribution in [2.75, 3.05) is 6.54 Å². The van der Waals surface area contributed by atoms with Crippen molar-refractivity contribution in [2.45, 2.75) is 78.6 Å². The largest absolute Gasteiger partial charge is 0.444 e. The Labute approximate surface area is 186 Å². The molecule has 3 amide bonds. The zero-order valence-electron chi connectivity index (χ0n) is 20.0. The number of carbonyl (C=O) groups excluding carboxylic acids is 3. The van der Waals surface area contributed by atoms with Crippen molar-refractivity contribution in [3.8, 4) is 0 Å². The van der Waals surface area contributed by atoms with Gasteiger partial charge < -0.3 is 20.3 Å². The van der Waals surface area contributed by atoms with E-state index in [1.165, 1.54) is 4.90 Å². The monoisotopic (exact) mass is 431 g/mol. The number of amides is 3. The molecule has 1 aromatic rings. The summed E-state index contributed by atoms with van der Waals surface area (Å²) < 4.78 is 5.25. The second kappa shape index (κ2) is 10.5. The summed E-state index contributed by atoms with van der Waals surface area (Å²) in [5, 5.41) is 5.53. The van der Waals surface area contributed by atoms with Gasteiger partial charge in [-0.3, -0.25) is 9.59 Å². The molecule has 0 aliphatic heterocycles. The van der Waals surface area contributed by atoms with E-state index in [0.717, 1.165) is 5.56 Å². The maximum Gasteiger partial charge on any atom is 0.408 e. The number of rotatable bonds is 7. The van der Waals surface area contributed by atoms with Crippen LogP contribution in [0.15, 0.2) is 30.8 Å². The van der Waals surface area contributed by atoms with Crippen LogP contribution in [0.2, 0.25) is 0 Å². The Morgan fingerprint density at radius 1 is 1.16 bits per heavy atom. The Morgan fingerprint density at radius 3 is 2.26 bits per heavy atom. The first-order chi connectivity index (χ1) is 14.2. The summed E-state index contributed by atoms with van der Waals surface area (Å²) in [6.45, 7) is 18.3. The molecule has 0 aliphatic carbocycles. The van der Waals surface area contributed by atoms with Crippen molar-refractivity contribution >= 4 is 24.0 Å². The number of nitrogens with zero attached hydrogens (tertiary/aromatic N) is 1. The van der Waals surface area contributed by atoms with Crippen molar-refractivity contribution in [3.63, 3.8) is 0 Å². The Bertz CT molecular complexity index is 806. The highest BCUT2D eigenvalue weighted by atomic mass is 16.6. The summed E-state index contributed by atoms with van der Waals surface area (Å²) in [5.74, 6) is -0.681. The standard InChI is InChI=1S/C24H37N3O4/c1-10-17-13-12-14-18(15-17)19(20(28)26-23(4,5)6)27(11-2)21(29)16(3)25-22(30)31-24(7,8)9/h10,12-16,19H,1,11H2,2-9H3,(H,25,30)(H,26,28). The first kappa shape index (κ1) is 26.2. The molecule has 0 saturated heterocycles. The third-order valence-electron chi connectivity index (χ3n) is 4.25. The van der Waals surface area contributed by atoms with Gasteiger partial charge in [0.05, 0.1) is 0 Å². The Morgan fingerprint density at radius 2 is 1.77 bits per heavy atom. The van der Waals surface area contributed by atoms with Gasteiger partial charge in [-0.05, 0) is 72.6 Å². The molecule has 7 heteroatoms. The quantitative estimate of drug-likeness (QED) is 0.682. The Balaban J connectivity index is 3.26. The van der Waals surface area contributed by atoms with Gasteiger partial charge in [0.15, 0.2) is 0 Å². The fourth-order valence-electron chi connectivity index (χ4n) is 3.03. The minimum absolute atomic E-state index is 0.277. The van der Waals surface area contributed by atoms with Crippen LogP contribution in [0.3, 0.4) is 0 Å². The summed E-state index contributed by atoms with van der Waals surface area (Å²) in [4.78, 5) is 40.1. The third-order valence-corrected chi connectivity index (χ3v) is 4.25. The van der Waals surface area contributed by atoms with Crippen LogP contribution in [0.5, 0.6) is 0 Å². The fourth-order valence-corrected chi connectivity index (χ4v) is 3.03. The number of nitrogens with one attached hydrogen (secondary N) is 2. The lowest BCUT2D eigenvalue weighted by atomic mass is 9.99. The molecule has 0 aromatic heterocycles. The van der Waals surface area contributed by atoms with Crippen LogP contribution >= 0.6 is 0 Å². The molecule has 1 aromatic carbocycles. The second-order valence-electron chi connectivity index (χ2n) is 9.51. The molecule has 0 heterocycles. The zero-order valence-corrected chi connectivity index (χ0v) is 20.0. The highest BCUT2D eigenvalue weighted by molar-refractivity contribution is 5.92. The van der Waals surface area contributed by atoms with Gasteiger partial charge in [0.2, 0.25) is 11.8 Å². The molecular formula is C24H37N3O4. The number of benzene rings is 1. The number of alkyl carbamates (subject to hydrolysis) is 1. The van der Waals surface area contributed by atoms with Crippen LogP contribution < -0.4 is 10.6 Å². The molecule has 0 saturated carbocycles. The molecule has 7 nitrogen and oxygen atoms in total. The van der Waals surface area contributed by atoms with Gasteiger partial charge in [0.25, 0.3) is 0 Å². The van der Waals surface area contributed by atoms with Crippen molar-refractivity contribution in [1.82, 2.24) is 15.5 Å². The number of likely N-dealkylation sites (N-methyl/N-ethyl adjacent to an activating group) is 1. The van der Waals surface area contributed by atoms with E-state index in [2.05, 4.69) is 17.2 Å². The maximum absolute atomic E-state index is 13.3. The van der Waals surface area contributed by atoms with Crippen LogP contribution in [0.1, 0.15) is 72.6 Å². The normalized spacial score (nSPS) is 13.5. The van der Waals surface area contributed by atoms with E-state index in [9.17, 15) is 14.4 Å². The van der Waals surface area contributed by atoms with Crippen molar-refractivity contribution in [1.29, 1.82) is 0 Å². The van der Waals surface area contributed by atoms with Crippen LogP contribution in [0.25, 0.3) is 6.08 Å². The van der Waals surface area contributed by atoms with Crippen LogP contribution in [0.4, 0.5) is 4.79 Å². The molecule has 1 rings (SSSR count). The van der Waals surface area contributed by atoms with E-state index in [0.29, 0.717) is 5.56 Å². The smallest absolute Gasteiger partial charge is 0.408 e. The third kappa shape index (κ3) is 8.44. The lowest BCUT2D eigenvalue weighted by Gasteiger charge is -2.34. The summed E-state index contributed by atoms with van der Waals surface area (Å²) in [5.41, 5.74) is 0.347. The molecule has 0 fully saturated rings. The molecule has 2 N–H and O–H groups in total. The Hall–Kier alpha value is -2.83. The highest BCUT2D eigenvalue weighted by Crippen LogP contribution is 2.24. The summed E-state index contributed by atoms with van der Waals surface area (Å²) >= 11 is 0. The van der Waals surface area contributed by atoms with E-state index in [1.54, 1.807) is 40.7 Å². The average molecular weight is 432 g/mol. The molecule has 0 aliphatic rings. The highest BCUT2D eigenvalue weighted by Gasteiger charge is 2.35. The Kier molecular flexibility index (Phi) is 8.85. The van der Waals surface area contributed by atoms with Crippen molar-refractivity contribution in [2.24, 2.45) is 0 Å². The first-order valence-electron chi connectivity index (χ1n) is 10.5. The van der Waals surface area contributed by atoms with E-state index in [-0.39, 0.29) is 18.4 Å². The number of ether oxygens (including phenoxy) is 1. The minimum atomic E-state index is -0.873. The van der Waals surface area contributed by atoms with Crippen molar-refractivity contribution in [3.05, 3.63) is 42.0 Å². The van der Waals surface area contributed by atoms with Gasteiger partial charge in [0, 0.05) is 12.1 Å². The van der Waals surface area contributed by atoms with E-state index in [4.69, 9.17) is 4.74 Å². The van der Waals surface area contributed by atoms with Gasteiger partial charge in [-0.2, -0.15) is 0 Å². The molecule has 2 atom stereocenters. The molecular weight excluding hydrogens is 394 g/mol. The molecule has 31 heavy (non-hydrogen) atoms. The topological polar surface area (TPSA) is 87.7 Å². The summed E-state index contributed by atoms with van der Waals surface area (Å²) in [6.07, 6.45) is 1.00. The molecule has 2 unspecified atom stereocenters. The van der Waals surface area contributed by atoms with Gasteiger partial charge in [-0.15, -0.1) is 0 Å². The zero-order chi connectivity index (χ0) is 24.0. The van der Waals surface area contributed by atoms with Gasteiger partial charge >= 0.3 is 6.09 Å². The molecule has 0 bridgehead atoms. The van der Waals surface area contributed by atoms with Crippen LogP contribution in [-0.2, 0) is 14.3 Å². The lowest BCUT2D eigenvalue weighted by molar-refractivity contribution is -0.142. The number of hydrogen-bond acceptors (Lipinski definition) is 4. The summed E-state index contributed by atoms with van der Waals surface area (Å²) in [6, 6.07) is 5.61. The van der Waals surface area contributed by atoms with Crippen molar-refractivity contribution < 1.29 is 19.1 Å². The fraction of sp³-hybridized carbons (Fsp3) is 0.542. The second-order valence-corrected chi connectivity index (χ2v) is 9.51. The van der Waals surface area contributed by atoms with Gasteiger partial charge in [0.1, 0.15) is 17.7 Å². The molecule has 172 valence electrons. The first-order valence-corrected chi connectivity index (χ1v) is 10.5. The number of hydrogen-bond donors (Lipinski definition) is 2. The predicted octanol–water partition coefficient (Wildman–Crippen LogP) is 4.05. The number of carbonyl (C=O) groups is 3. The minimum Gasteiger partial charge on any atom is -0.444 e. The van der Waals surface area contributed by atoms with E-state index in [1.807, 2.05) is 45.0 Å². The lowest BCUT2D eigenvalue weighted by Crippen LogP contribution is -2.53. The molecule has 0 spiro atoms. The average Bonchev–Trinajstić information content (AvgIpc) is 2.62. The molecule has 0 radical (unpaired) electrons. The van der Waals surface area contributed by atoms with Crippen LogP contribution in [-0.4, -0.2) is 46.5 Å². The maximum atomic E-state index is 13.3.